The maximum Gasteiger partial charge on any atom is 0.269 e. The molecule has 7 heteroatoms. The Balaban J connectivity index is 1.75. The quantitative estimate of drug-likeness (QED) is 0.202. The summed E-state index contributed by atoms with van der Waals surface area (Å²) in [5, 5.41) is 11.1. The normalized spacial score (nSPS) is 16.8. The first-order valence-corrected chi connectivity index (χ1v) is 12.5. The number of hydrogen-bond acceptors (Lipinski definition) is 4. The zero-order chi connectivity index (χ0) is 25.7. The van der Waals surface area contributed by atoms with Gasteiger partial charge in [0.25, 0.3) is 11.6 Å². The summed E-state index contributed by atoms with van der Waals surface area (Å²) in [6.45, 7) is 4.15. The van der Waals surface area contributed by atoms with Gasteiger partial charge in [-0.15, -0.1) is 0 Å². The number of nitro groups is 1. The van der Waals surface area contributed by atoms with E-state index in [-0.39, 0.29) is 29.6 Å². The zero-order valence-corrected chi connectivity index (χ0v) is 20.7. The van der Waals surface area contributed by atoms with Gasteiger partial charge in [0.1, 0.15) is 0 Å². The number of anilines is 2. The third-order valence-electron chi connectivity index (χ3n) is 6.71. The fourth-order valence-electron chi connectivity index (χ4n) is 4.95. The van der Waals surface area contributed by atoms with E-state index in [1.54, 1.807) is 4.90 Å². The first-order chi connectivity index (χ1) is 17.4. The number of nitro benzene ring substituents is 1. The largest absolute Gasteiger partial charge is 0.309 e. The molecule has 7 nitrogen and oxygen atoms in total. The number of fused-ring (bicyclic) bond motifs is 1. The van der Waals surface area contributed by atoms with Crippen LogP contribution in [0, 0.1) is 10.1 Å². The Morgan fingerprint density at radius 1 is 0.972 bits per heavy atom. The Kier molecular flexibility index (Phi) is 7.78. The van der Waals surface area contributed by atoms with E-state index >= 15 is 0 Å². The molecule has 0 saturated heterocycles. The molecule has 0 radical (unpaired) electrons. The Morgan fingerprint density at radius 3 is 2.31 bits per heavy atom. The second kappa shape index (κ2) is 11.2. The highest BCUT2D eigenvalue weighted by molar-refractivity contribution is 6.07. The first kappa shape index (κ1) is 25.1. The first-order valence-electron chi connectivity index (χ1n) is 12.5. The molecule has 36 heavy (non-hydrogen) atoms. The predicted octanol–water partition coefficient (Wildman–Crippen LogP) is 6.69. The number of hydrogen-bond donors (Lipinski definition) is 0. The van der Waals surface area contributed by atoms with Gasteiger partial charge in [-0.3, -0.25) is 19.7 Å². The van der Waals surface area contributed by atoms with Crippen LogP contribution in [0.5, 0.6) is 0 Å². The number of rotatable bonds is 8. The summed E-state index contributed by atoms with van der Waals surface area (Å²) in [5.41, 5.74) is 2.79. The Hall–Kier alpha value is -4.00. The summed E-state index contributed by atoms with van der Waals surface area (Å²) in [5.74, 6) is -0.138. The van der Waals surface area contributed by atoms with Gasteiger partial charge in [-0.05, 0) is 55.7 Å². The van der Waals surface area contributed by atoms with Gasteiger partial charge in [-0.2, -0.15) is 0 Å². The highest BCUT2D eigenvalue weighted by atomic mass is 16.6. The van der Waals surface area contributed by atoms with E-state index in [0.29, 0.717) is 18.4 Å². The van der Waals surface area contributed by atoms with Crippen LogP contribution in [0.25, 0.3) is 0 Å². The fraction of sp³-hybridized carbons (Fsp3) is 0.310. The predicted molar refractivity (Wildman–Crippen MR) is 141 cm³/mol. The SMILES string of the molecule is CCCCCC(=O)N1c2ccccc2[C@@H](N(C(=O)c2ccc([N+](=O)[O-])cc2)c2ccccc2)C[C@H]1C. The molecule has 0 unspecified atom stereocenters. The van der Waals surface area contributed by atoms with Gasteiger partial charge in [-0.25, -0.2) is 0 Å². The molecule has 0 bridgehead atoms. The number of non-ortho nitro benzene ring substituents is 1. The maximum absolute atomic E-state index is 13.9. The minimum absolute atomic E-state index is 0.0633. The summed E-state index contributed by atoms with van der Waals surface area (Å²) in [7, 11) is 0. The van der Waals surface area contributed by atoms with Gasteiger partial charge in [0, 0.05) is 41.5 Å². The van der Waals surface area contributed by atoms with Crippen molar-refractivity contribution in [2.24, 2.45) is 0 Å². The van der Waals surface area contributed by atoms with Crippen LogP contribution in [0.15, 0.2) is 78.9 Å². The van der Waals surface area contributed by atoms with Crippen LogP contribution in [0.4, 0.5) is 17.1 Å². The molecule has 1 aliphatic rings. The van der Waals surface area contributed by atoms with Crippen LogP contribution in [0.3, 0.4) is 0 Å². The van der Waals surface area contributed by atoms with E-state index in [2.05, 4.69) is 6.92 Å². The van der Waals surface area contributed by atoms with Gasteiger partial charge in [0.05, 0.1) is 11.0 Å². The van der Waals surface area contributed by atoms with Crippen LogP contribution < -0.4 is 9.80 Å². The van der Waals surface area contributed by atoms with Gasteiger partial charge >= 0.3 is 0 Å². The number of carbonyl (C=O) groups is 2. The molecular weight excluding hydrogens is 454 g/mol. The highest BCUT2D eigenvalue weighted by Gasteiger charge is 2.38. The van der Waals surface area contributed by atoms with Crippen molar-refractivity contribution in [3.63, 3.8) is 0 Å². The standard InChI is InChI=1S/C29H31N3O4/c1-3-4-6-15-28(33)30-21(2)20-27(25-13-9-10-14-26(25)30)31(23-11-7-5-8-12-23)29(34)22-16-18-24(19-17-22)32(35)36/h5,7-14,16-19,21,27H,3-4,6,15,20H2,1-2H3/t21-,27+/m1/s1. The van der Waals surface area contributed by atoms with Gasteiger partial charge < -0.3 is 9.80 Å². The molecule has 1 aliphatic heterocycles. The molecule has 0 aliphatic carbocycles. The van der Waals surface area contributed by atoms with Crippen LogP contribution >= 0.6 is 0 Å². The average molecular weight is 486 g/mol. The molecule has 2 atom stereocenters. The van der Waals surface area contributed by atoms with E-state index in [9.17, 15) is 19.7 Å². The lowest BCUT2D eigenvalue weighted by Crippen LogP contribution is -2.47. The molecule has 2 amide bonds. The summed E-state index contributed by atoms with van der Waals surface area (Å²) < 4.78 is 0. The molecule has 3 aromatic rings. The average Bonchev–Trinajstić information content (AvgIpc) is 2.89. The third-order valence-corrected chi connectivity index (χ3v) is 6.71. The van der Waals surface area contributed by atoms with E-state index in [0.717, 1.165) is 36.2 Å². The molecule has 1 heterocycles. The number of carbonyl (C=O) groups excluding carboxylic acids is 2. The topological polar surface area (TPSA) is 83.8 Å². The van der Waals surface area contributed by atoms with Gasteiger partial charge in [0.2, 0.25) is 5.91 Å². The van der Waals surface area contributed by atoms with Crippen molar-refractivity contribution < 1.29 is 14.5 Å². The van der Waals surface area contributed by atoms with E-state index in [1.165, 1.54) is 24.3 Å². The van der Waals surface area contributed by atoms with Crippen molar-refractivity contribution in [1.82, 2.24) is 0 Å². The number of para-hydroxylation sites is 2. The molecule has 186 valence electrons. The van der Waals surface area contributed by atoms with E-state index in [1.807, 2.05) is 66.4 Å². The van der Waals surface area contributed by atoms with Gasteiger partial charge in [0.15, 0.2) is 0 Å². The minimum atomic E-state index is -0.478. The molecule has 4 rings (SSSR count). The zero-order valence-electron chi connectivity index (χ0n) is 20.7. The maximum atomic E-state index is 13.9. The molecular formula is C29H31N3O4. The molecule has 0 N–H and O–H groups in total. The van der Waals surface area contributed by atoms with Gasteiger partial charge in [-0.1, -0.05) is 56.2 Å². The smallest absolute Gasteiger partial charge is 0.269 e. The second-order valence-electron chi connectivity index (χ2n) is 9.19. The monoisotopic (exact) mass is 485 g/mol. The minimum Gasteiger partial charge on any atom is -0.309 e. The molecule has 0 spiro atoms. The number of amides is 2. The molecule has 3 aromatic carbocycles. The van der Waals surface area contributed by atoms with Crippen LogP contribution in [-0.4, -0.2) is 22.8 Å². The lowest BCUT2D eigenvalue weighted by Gasteiger charge is -2.43. The summed E-state index contributed by atoms with van der Waals surface area (Å²) in [4.78, 5) is 41.4. The van der Waals surface area contributed by atoms with Crippen molar-refractivity contribution in [2.45, 2.75) is 58.0 Å². The number of benzene rings is 3. The lowest BCUT2D eigenvalue weighted by molar-refractivity contribution is -0.384. The third kappa shape index (κ3) is 5.15. The number of unbranched alkanes of at least 4 members (excludes halogenated alkanes) is 2. The van der Waals surface area contributed by atoms with E-state index < -0.39 is 4.92 Å². The summed E-state index contributed by atoms with van der Waals surface area (Å²) in [6.07, 6.45) is 4.01. The summed E-state index contributed by atoms with van der Waals surface area (Å²) >= 11 is 0. The van der Waals surface area contributed by atoms with Crippen molar-refractivity contribution in [1.29, 1.82) is 0 Å². The lowest BCUT2D eigenvalue weighted by atomic mass is 9.89. The van der Waals surface area contributed by atoms with Crippen molar-refractivity contribution in [3.05, 3.63) is 100 Å². The van der Waals surface area contributed by atoms with Crippen LogP contribution in [-0.2, 0) is 4.79 Å². The second-order valence-corrected chi connectivity index (χ2v) is 9.19. The Labute approximate surface area is 211 Å². The Morgan fingerprint density at radius 2 is 1.64 bits per heavy atom. The molecule has 0 fully saturated rings. The van der Waals surface area contributed by atoms with Crippen LogP contribution in [0.2, 0.25) is 0 Å². The highest BCUT2D eigenvalue weighted by Crippen LogP contribution is 2.43. The Bertz CT molecular complexity index is 1230. The fourth-order valence-corrected chi connectivity index (χ4v) is 4.95. The van der Waals surface area contributed by atoms with Crippen molar-refractivity contribution in [3.8, 4) is 0 Å². The molecule has 0 aromatic heterocycles. The van der Waals surface area contributed by atoms with E-state index in [4.69, 9.17) is 0 Å². The number of nitrogens with zero attached hydrogens (tertiary/aromatic N) is 3. The summed E-state index contributed by atoms with van der Waals surface area (Å²) in [6, 6.07) is 22.5. The molecule has 0 saturated carbocycles. The van der Waals surface area contributed by atoms with Crippen LogP contribution in [0.1, 0.15) is 67.9 Å². The van der Waals surface area contributed by atoms with Crippen molar-refractivity contribution >= 4 is 28.9 Å². The van der Waals surface area contributed by atoms with Crippen molar-refractivity contribution in [2.75, 3.05) is 9.80 Å².